The molecule has 0 rings (SSSR count). The Morgan fingerprint density at radius 1 is 0.848 bits per heavy atom. The highest BCUT2D eigenvalue weighted by atomic mass is 28.5. The van der Waals surface area contributed by atoms with Crippen molar-refractivity contribution < 1.29 is 37.2 Å². The Kier molecular flexibility index (Phi) is 14.6. The molecule has 1 atom stereocenters. The van der Waals surface area contributed by atoms with Gasteiger partial charge in [0.25, 0.3) is 0 Å². The predicted octanol–water partition coefficient (Wildman–Crippen LogP) is 2.58. The van der Waals surface area contributed by atoms with Crippen molar-refractivity contribution in [1.29, 1.82) is 0 Å². The molecule has 0 aliphatic rings. The second kappa shape index (κ2) is 13.8. The molecular formula is C20H49NO8Si4. The Balaban J connectivity index is 0. The van der Waals surface area contributed by atoms with Gasteiger partial charge in [-0.15, -0.1) is 0 Å². The van der Waals surface area contributed by atoms with Crippen LogP contribution in [0.2, 0.25) is 58.9 Å². The molecule has 0 saturated carbocycles. The molecule has 13 heteroatoms. The third-order valence-corrected chi connectivity index (χ3v) is 15.7. The zero-order valence-electron chi connectivity index (χ0n) is 22.6. The molecule has 5 N–H and O–H groups in total. The fourth-order valence-electron chi connectivity index (χ4n) is 2.33. The minimum absolute atomic E-state index is 0.371. The monoisotopic (exact) mass is 543 g/mol. The lowest BCUT2D eigenvalue weighted by atomic mass is 10.1. The molecule has 0 fully saturated rings. The summed E-state index contributed by atoms with van der Waals surface area (Å²) in [6.07, 6.45) is 0.588. The number of nitrogens with two attached hydrogens (primary N) is 1. The molecule has 33 heavy (non-hydrogen) atoms. The second-order valence-electron chi connectivity index (χ2n) is 11.2. The number of ether oxygens (including phenoxy) is 1. The van der Waals surface area contributed by atoms with E-state index in [4.69, 9.17) is 38.1 Å². The van der Waals surface area contributed by atoms with E-state index in [1.807, 2.05) is 6.92 Å². The van der Waals surface area contributed by atoms with Gasteiger partial charge in [-0.25, -0.2) is 4.79 Å². The normalized spacial score (nSPS) is 14.3. The Morgan fingerprint density at radius 2 is 1.15 bits per heavy atom. The van der Waals surface area contributed by atoms with Gasteiger partial charge in [-0.1, -0.05) is 13.5 Å². The maximum absolute atomic E-state index is 12.2. The summed E-state index contributed by atoms with van der Waals surface area (Å²) in [7, 11) is -9.26. The van der Waals surface area contributed by atoms with E-state index in [9.17, 15) is 4.79 Å². The number of aliphatic hydroxyl groups excluding tert-OH is 3. The maximum Gasteiger partial charge on any atom is 0.512 e. The van der Waals surface area contributed by atoms with Gasteiger partial charge in [0.2, 0.25) is 0 Å². The third kappa shape index (κ3) is 15.4. The Bertz CT molecular complexity index is 562. The quantitative estimate of drug-likeness (QED) is 0.157. The van der Waals surface area contributed by atoms with Gasteiger partial charge >= 0.3 is 14.8 Å². The van der Waals surface area contributed by atoms with Gasteiger partial charge in [0.1, 0.15) is 0 Å². The molecule has 0 saturated heterocycles. The van der Waals surface area contributed by atoms with Crippen molar-refractivity contribution in [2.75, 3.05) is 19.8 Å². The highest BCUT2D eigenvalue weighted by molar-refractivity contribution is 6.90. The summed E-state index contributed by atoms with van der Waals surface area (Å²) >= 11 is 0. The van der Waals surface area contributed by atoms with Crippen LogP contribution in [0.4, 0.5) is 0 Å². The molecule has 0 aliphatic heterocycles. The third-order valence-electron chi connectivity index (χ3n) is 3.65. The van der Waals surface area contributed by atoms with Crippen molar-refractivity contribution in [2.45, 2.75) is 90.5 Å². The van der Waals surface area contributed by atoms with Crippen molar-refractivity contribution in [2.24, 2.45) is 5.73 Å². The molecular weight excluding hydrogens is 495 g/mol. The van der Waals surface area contributed by atoms with Crippen LogP contribution in [0.25, 0.3) is 0 Å². The van der Waals surface area contributed by atoms with Crippen molar-refractivity contribution in [3.63, 3.8) is 0 Å². The number of hydrogen-bond acceptors (Lipinski definition) is 9. The SMILES string of the molecule is C=C(C)C(=O)OC(CC)[Si](O[Si](C)(C)C)(O[Si](C)(C)C)O[Si](C)(C)C.NC(CO)(CO)CO. The number of hydrogen-bond donors (Lipinski definition) is 4. The van der Waals surface area contributed by atoms with E-state index in [0.29, 0.717) is 12.0 Å². The van der Waals surface area contributed by atoms with Crippen molar-refractivity contribution in [3.05, 3.63) is 12.2 Å². The van der Waals surface area contributed by atoms with Crippen LogP contribution in [0, 0.1) is 0 Å². The molecule has 0 heterocycles. The largest absolute Gasteiger partial charge is 0.512 e. The minimum atomic E-state index is -3.24. The first-order valence-electron chi connectivity index (χ1n) is 11.2. The molecule has 0 spiro atoms. The summed E-state index contributed by atoms with van der Waals surface area (Å²) in [5, 5.41) is 25.0. The van der Waals surface area contributed by atoms with Crippen molar-refractivity contribution in [3.8, 4) is 0 Å². The molecule has 0 radical (unpaired) electrons. The van der Waals surface area contributed by atoms with Crippen LogP contribution >= 0.6 is 0 Å². The van der Waals surface area contributed by atoms with E-state index in [1.165, 1.54) is 0 Å². The average Bonchev–Trinajstić information content (AvgIpc) is 2.61. The van der Waals surface area contributed by atoms with E-state index in [-0.39, 0.29) is 0 Å². The summed E-state index contributed by atoms with van der Waals surface area (Å²) in [5.74, 6) is -0.416. The number of aliphatic hydroxyl groups is 3. The molecule has 0 bridgehead atoms. The zero-order chi connectivity index (χ0) is 26.9. The van der Waals surface area contributed by atoms with E-state index < -0.39 is 70.8 Å². The molecule has 9 nitrogen and oxygen atoms in total. The smallest absolute Gasteiger partial charge is 0.455 e. The lowest BCUT2D eigenvalue weighted by Gasteiger charge is -2.45. The first kappa shape index (κ1) is 35.0. The topological polar surface area (TPSA) is 141 Å². The average molecular weight is 544 g/mol. The Hall–Kier alpha value is -0.202. The molecule has 0 amide bonds. The van der Waals surface area contributed by atoms with E-state index in [1.54, 1.807) is 6.92 Å². The van der Waals surface area contributed by atoms with Crippen LogP contribution in [0.1, 0.15) is 20.3 Å². The van der Waals surface area contributed by atoms with E-state index >= 15 is 0 Å². The summed E-state index contributed by atoms with van der Waals surface area (Å²) < 4.78 is 25.6. The van der Waals surface area contributed by atoms with Gasteiger partial charge in [-0.2, -0.15) is 0 Å². The van der Waals surface area contributed by atoms with Gasteiger partial charge in [-0.05, 0) is 72.3 Å². The summed E-state index contributed by atoms with van der Waals surface area (Å²) in [6, 6.07) is 0. The summed E-state index contributed by atoms with van der Waals surface area (Å²) in [4.78, 5) is 12.2. The first-order chi connectivity index (χ1) is 14.6. The summed E-state index contributed by atoms with van der Waals surface area (Å²) in [5.41, 5.74) is 3.80. The highest BCUT2D eigenvalue weighted by Crippen LogP contribution is 2.31. The molecule has 0 aliphatic carbocycles. The van der Waals surface area contributed by atoms with Crippen molar-refractivity contribution >= 4 is 39.7 Å². The lowest BCUT2D eigenvalue weighted by molar-refractivity contribution is -0.143. The number of carbonyl (C=O) groups is 1. The van der Waals surface area contributed by atoms with Crippen LogP contribution in [-0.4, -0.2) is 86.1 Å². The predicted molar refractivity (Wildman–Crippen MR) is 142 cm³/mol. The molecule has 0 aromatic heterocycles. The standard InChI is InChI=1S/C16H38O5Si4.C4H11NO3/c1-13-15(18-16(17)14(2)3)25(19-22(4,5)6,20-23(7,8)9)21-24(10,11)12;5-4(1-6,2-7)3-8/h15H,2,13H2,1,3-12H3;6-8H,1-3,5H2. The first-order valence-corrected chi connectivity index (χ1v) is 23.2. The Morgan fingerprint density at radius 3 is 1.30 bits per heavy atom. The number of esters is 1. The van der Waals surface area contributed by atoms with Crippen LogP contribution < -0.4 is 5.73 Å². The van der Waals surface area contributed by atoms with Crippen LogP contribution in [0.3, 0.4) is 0 Å². The second-order valence-corrected chi connectivity index (χ2v) is 28.1. The van der Waals surface area contributed by atoms with Crippen LogP contribution in [-0.2, 0) is 21.9 Å². The fourth-order valence-corrected chi connectivity index (χ4v) is 16.5. The maximum atomic E-state index is 12.2. The van der Waals surface area contributed by atoms with Gasteiger partial charge in [0.15, 0.2) is 30.7 Å². The van der Waals surface area contributed by atoms with Crippen LogP contribution in [0.15, 0.2) is 12.2 Å². The minimum Gasteiger partial charge on any atom is -0.455 e. The molecule has 198 valence electrons. The number of carbonyl (C=O) groups excluding carboxylic acids is 1. The molecule has 0 aromatic rings. The molecule has 1 unspecified atom stereocenters. The lowest BCUT2D eigenvalue weighted by Crippen LogP contribution is -2.67. The fraction of sp³-hybridized carbons (Fsp3) is 0.850. The highest BCUT2D eigenvalue weighted by Gasteiger charge is 2.57. The Labute approximate surface area is 205 Å². The van der Waals surface area contributed by atoms with Gasteiger partial charge in [0.05, 0.1) is 25.4 Å². The molecule has 0 aromatic carbocycles. The van der Waals surface area contributed by atoms with E-state index in [0.717, 1.165) is 0 Å². The van der Waals surface area contributed by atoms with Gasteiger partial charge < -0.3 is 38.1 Å². The van der Waals surface area contributed by atoms with Gasteiger partial charge in [-0.3, -0.25) is 0 Å². The van der Waals surface area contributed by atoms with Gasteiger partial charge in [0, 0.05) is 5.57 Å². The van der Waals surface area contributed by atoms with E-state index in [2.05, 4.69) is 65.5 Å². The zero-order valence-corrected chi connectivity index (χ0v) is 26.6. The summed E-state index contributed by atoms with van der Waals surface area (Å²) in [6.45, 7) is 25.1. The van der Waals surface area contributed by atoms with Crippen molar-refractivity contribution in [1.82, 2.24) is 0 Å². The van der Waals surface area contributed by atoms with Crippen LogP contribution in [0.5, 0.6) is 0 Å². The number of rotatable bonds is 13.